The van der Waals surface area contributed by atoms with E-state index in [1.54, 1.807) is 11.3 Å². The number of para-hydroxylation sites is 1. The summed E-state index contributed by atoms with van der Waals surface area (Å²) in [7, 11) is 0. The number of nitrogens with zero attached hydrogens (tertiary/aromatic N) is 2. The second kappa shape index (κ2) is 7.54. The summed E-state index contributed by atoms with van der Waals surface area (Å²) in [6.45, 7) is 4.90. The Bertz CT molecular complexity index is 788. The van der Waals surface area contributed by atoms with E-state index >= 15 is 0 Å². The lowest BCUT2D eigenvalue weighted by Crippen LogP contribution is -2.30. The molecule has 1 aliphatic rings. The highest BCUT2D eigenvalue weighted by atomic mass is 32.1. The van der Waals surface area contributed by atoms with Crippen molar-refractivity contribution in [2.75, 3.05) is 13.1 Å². The highest BCUT2D eigenvalue weighted by Gasteiger charge is 2.17. The van der Waals surface area contributed by atoms with Gasteiger partial charge in [0.2, 0.25) is 0 Å². The van der Waals surface area contributed by atoms with Gasteiger partial charge in [-0.05, 0) is 75.5 Å². The molecule has 2 aromatic carbocycles. The van der Waals surface area contributed by atoms with Crippen LogP contribution in [0, 0.1) is 0 Å². The van der Waals surface area contributed by atoms with Crippen LogP contribution in [0.3, 0.4) is 0 Å². The maximum absolute atomic E-state index is 5.92. The fraction of sp³-hybridized carbons (Fsp3) is 0.381. The zero-order valence-corrected chi connectivity index (χ0v) is 15.5. The van der Waals surface area contributed by atoms with Crippen molar-refractivity contribution in [3.63, 3.8) is 0 Å². The SMILES string of the molecule is CC(CCc1ccc(Oc2nc3ccccc3s2)cc1)N1CCCC1. The number of thiazole rings is 1. The molecule has 1 saturated heterocycles. The first kappa shape index (κ1) is 16.6. The molecule has 0 spiro atoms. The third-order valence-corrected chi connectivity index (χ3v) is 5.93. The summed E-state index contributed by atoms with van der Waals surface area (Å²) >= 11 is 1.59. The van der Waals surface area contributed by atoms with Crippen LogP contribution < -0.4 is 4.74 Å². The quantitative estimate of drug-likeness (QED) is 0.585. The summed E-state index contributed by atoms with van der Waals surface area (Å²) in [5.41, 5.74) is 2.37. The molecule has 1 aromatic heterocycles. The molecule has 1 aliphatic heterocycles. The summed E-state index contributed by atoms with van der Waals surface area (Å²) in [5, 5.41) is 0.705. The Morgan fingerprint density at radius 1 is 1.08 bits per heavy atom. The van der Waals surface area contributed by atoms with E-state index in [-0.39, 0.29) is 0 Å². The Labute approximate surface area is 153 Å². The standard InChI is InChI=1S/C21H24N2OS/c1-16(23-14-4-5-15-23)8-9-17-10-12-18(13-11-17)24-21-22-19-6-2-3-7-20(19)25-21/h2-3,6-7,10-13,16H,4-5,8-9,14-15H2,1H3. The van der Waals surface area contributed by atoms with Crippen LogP contribution in [0.2, 0.25) is 0 Å². The molecule has 4 heteroatoms. The summed E-state index contributed by atoms with van der Waals surface area (Å²) in [4.78, 5) is 7.14. The Morgan fingerprint density at radius 3 is 2.60 bits per heavy atom. The Morgan fingerprint density at radius 2 is 1.84 bits per heavy atom. The molecular weight excluding hydrogens is 328 g/mol. The van der Waals surface area contributed by atoms with E-state index in [1.165, 1.54) is 37.9 Å². The number of fused-ring (bicyclic) bond motifs is 1. The Hall–Kier alpha value is -1.91. The molecule has 0 N–H and O–H groups in total. The molecule has 0 bridgehead atoms. The number of rotatable bonds is 6. The normalized spacial score (nSPS) is 16.4. The van der Waals surface area contributed by atoms with Crippen molar-refractivity contribution in [3.8, 4) is 10.9 Å². The van der Waals surface area contributed by atoms with Crippen molar-refractivity contribution in [1.29, 1.82) is 0 Å². The number of aryl methyl sites for hydroxylation is 1. The summed E-state index contributed by atoms with van der Waals surface area (Å²) in [5.74, 6) is 0.857. The van der Waals surface area contributed by atoms with Crippen molar-refractivity contribution in [3.05, 3.63) is 54.1 Å². The average Bonchev–Trinajstić information content (AvgIpc) is 3.30. The second-order valence-corrected chi connectivity index (χ2v) is 7.82. The van der Waals surface area contributed by atoms with Gasteiger partial charge >= 0.3 is 0 Å². The van der Waals surface area contributed by atoms with E-state index in [4.69, 9.17) is 4.74 Å². The summed E-state index contributed by atoms with van der Waals surface area (Å²) in [6, 6.07) is 17.3. The molecule has 1 fully saturated rings. The molecule has 1 unspecified atom stereocenters. The zero-order chi connectivity index (χ0) is 17.1. The van der Waals surface area contributed by atoms with Gasteiger partial charge in [-0.25, -0.2) is 4.98 Å². The minimum atomic E-state index is 0.682. The fourth-order valence-electron chi connectivity index (χ4n) is 3.46. The van der Waals surface area contributed by atoms with E-state index in [0.717, 1.165) is 22.4 Å². The highest BCUT2D eigenvalue weighted by molar-refractivity contribution is 7.20. The first-order valence-electron chi connectivity index (χ1n) is 9.14. The molecule has 1 atom stereocenters. The van der Waals surface area contributed by atoms with E-state index < -0.39 is 0 Å². The van der Waals surface area contributed by atoms with Gasteiger partial charge in [0.15, 0.2) is 0 Å². The van der Waals surface area contributed by atoms with E-state index in [0.29, 0.717) is 11.2 Å². The van der Waals surface area contributed by atoms with Gasteiger partial charge < -0.3 is 9.64 Å². The number of aromatic nitrogens is 1. The summed E-state index contributed by atoms with van der Waals surface area (Å²) in [6.07, 6.45) is 5.07. The van der Waals surface area contributed by atoms with Gasteiger partial charge in [0.1, 0.15) is 5.75 Å². The predicted molar refractivity (Wildman–Crippen MR) is 105 cm³/mol. The fourth-order valence-corrected chi connectivity index (χ4v) is 4.30. The maximum Gasteiger partial charge on any atom is 0.279 e. The van der Waals surface area contributed by atoms with E-state index in [9.17, 15) is 0 Å². The van der Waals surface area contributed by atoms with Gasteiger partial charge in [0.05, 0.1) is 10.2 Å². The van der Waals surface area contributed by atoms with Crippen molar-refractivity contribution >= 4 is 21.6 Å². The first-order chi connectivity index (χ1) is 12.3. The number of hydrogen-bond donors (Lipinski definition) is 0. The van der Waals surface area contributed by atoms with Crippen molar-refractivity contribution in [2.45, 2.75) is 38.6 Å². The monoisotopic (exact) mass is 352 g/mol. The Kier molecular flexibility index (Phi) is 4.99. The van der Waals surface area contributed by atoms with Crippen LogP contribution in [-0.4, -0.2) is 29.0 Å². The molecule has 0 aliphatic carbocycles. The van der Waals surface area contributed by atoms with Gasteiger partial charge in [0.25, 0.3) is 5.19 Å². The molecule has 0 amide bonds. The van der Waals surface area contributed by atoms with Crippen LogP contribution in [0.25, 0.3) is 10.2 Å². The summed E-state index contributed by atoms with van der Waals surface area (Å²) < 4.78 is 7.08. The molecule has 4 rings (SSSR count). The minimum Gasteiger partial charge on any atom is -0.431 e. The molecule has 0 saturated carbocycles. The van der Waals surface area contributed by atoms with Crippen molar-refractivity contribution < 1.29 is 4.74 Å². The number of likely N-dealkylation sites (tertiary alicyclic amines) is 1. The van der Waals surface area contributed by atoms with Crippen LogP contribution in [0.15, 0.2) is 48.5 Å². The third kappa shape index (κ3) is 4.02. The second-order valence-electron chi connectivity index (χ2n) is 6.82. The molecule has 3 aromatic rings. The van der Waals surface area contributed by atoms with Gasteiger partial charge in [0, 0.05) is 6.04 Å². The predicted octanol–water partition coefficient (Wildman–Crippen LogP) is 5.51. The number of benzene rings is 2. The van der Waals surface area contributed by atoms with E-state index in [2.05, 4.69) is 47.1 Å². The van der Waals surface area contributed by atoms with Crippen LogP contribution >= 0.6 is 11.3 Å². The van der Waals surface area contributed by atoms with Crippen LogP contribution in [0.1, 0.15) is 31.7 Å². The lowest BCUT2D eigenvalue weighted by atomic mass is 10.1. The smallest absolute Gasteiger partial charge is 0.279 e. The average molecular weight is 353 g/mol. The lowest BCUT2D eigenvalue weighted by Gasteiger charge is -2.23. The van der Waals surface area contributed by atoms with Crippen LogP contribution in [-0.2, 0) is 6.42 Å². The van der Waals surface area contributed by atoms with Crippen LogP contribution in [0.5, 0.6) is 10.9 Å². The van der Waals surface area contributed by atoms with Gasteiger partial charge in [-0.15, -0.1) is 0 Å². The van der Waals surface area contributed by atoms with Gasteiger partial charge in [-0.3, -0.25) is 0 Å². The first-order valence-corrected chi connectivity index (χ1v) is 9.96. The topological polar surface area (TPSA) is 25.4 Å². The molecule has 130 valence electrons. The minimum absolute atomic E-state index is 0.682. The van der Waals surface area contributed by atoms with Crippen molar-refractivity contribution in [2.24, 2.45) is 0 Å². The molecule has 0 radical (unpaired) electrons. The zero-order valence-electron chi connectivity index (χ0n) is 14.6. The highest BCUT2D eigenvalue weighted by Crippen LogP contribution is 2.31. The molecule has 25 heavy (non-hydrogen) atoms. The van der Waals surface area contributed by atoms with E-state index in [1.807, 2.05) is 18.2 Å². The third-order valence-electron chi connectivity index (χ3n) is 5.02. The van der Waals surface area contributed by atoms with Crippen molar-refractivity contribution in [1.82, 2.24) is 9.88 Å². The Balaban J connectivity index is 1.34. The van der Waals surface area contributed by atoms with Gasteiger partial charge in [-0.2, -0.15) is 0 Å². The largest absolute Gasteiger partial charge is 0.431 e. The number of hydrogen-bond acceptors (Lipinski definition) is 4. The molecule has 2 heterocycles. The molecule has 3 nitrogen and oxygen atoms in total. The number of ether oxygens (including phenoxy) is 1. The molecular formula is C21H24N2OS. The maximum atomic E-state index is 5.92. The van der Waals surface area contributed by atoms with Crippen LogP contribution in [0.4, 0.5) is 0 Å². The van der Waals surface area contributed by atoms with Gasteiger partial charge in [-0.1, -0.05) is 35.6 Å². The lowest BCUT2D eigenvalue weighted by molar-refractivity contribution is 0.247.